The first-order chi connectivity index (χ1) is 5.79. The number of primary amides is 1. The molecule has 62 valence electrons. The fraction of sp³-hybridized carbons (Fsp3) is 0.333. The van der Waals surface area contributed by atoms with Crippen LogP contribution in [0.5, 0.6) is 0 Å². The Bertz CT molecular complexity index is 322. The van der Waals surface area contributed by atoms with Crippen molar-refractivity contribution in [2.24, 2.45) is 5.73 Å². The maximum atomic E-state index is 11.0. The third-order valence-corrected chi connectivity index (χ3v) is 2.31. The smallest absolute Gasteiger partial charge is 0.225 e. The number of pyridine rings is 1. The maximum absolute atomic E-state index is 11.0. The molecule has 3 heteroatoms. The minimum atomic E-state index is -0.234. The molecule has 1 aromatic heterocycles. The van der Waals surface area contributed by atoms with Gasteiger partial charge in [-0.25, -0.2) is 0 Å². The van der Waals surface area contributed by atoms with E-state index in [1.54, 1.807) is 6.20 Å². The summed E-state index contributed by atoms with van der Waals surface area (Å²) in [6.07, 6.45) is 3.45. The largest absolute Gasteiger partial charge is 0.369 e. The minimum Gasteiger partial charge on any atom is -0.369 e. The molecule has 0 saturated carbocycles. The molecular weight excluding hydrogens is 152 g/mol. The fourth-order valence-corrected chi connectivity index (χ4v) is 1.71. The van der Waals surface area contributed by atoms with E-state index in [0.717, 1.165) is 24.1 Å². The average molecular weight is 162 g/mol. The van der Waals surface area contributed by atoms with Crippen LogP contribution in [0.2, 0.25) is 0 Å². The standard InChI is InChI=1S/C9H10N2O/c10-9(12)7-3-4-8-6(7)2-1-5-11-8/h1-2,5,7H,3-4H2,(H2,10,12). The second-order valence-electron chi connectivity index (χ2n) is 3.03. The molecule has 1 heterocycles. The molecule has 1 aliphatic rings. The Morgan fingerprint density at radius 2 is 2.50 bits per heavy atom. The zero-order chi connectivity index (χ0) is 8.55. The van der Waals surface area contributed by atoms with E-state index in [4.69, 9.17) is 5.73 Å². The van der Waals surface area contributed by atoms with Crippen LogP contribution >= 0.6 is 0 Å². The average Bonchev–Trinajstić information content (AvgIpc) is 2.47. The highest BCUT2D eigenvalue weighted by molar-refractivity contribution is 5.83. The highest BCUT2D eigenvalue weighted by atomic mass is 16.1. The van der Waals surface area contributed by atoms with Gasteiger partial charge in [-0.15, -0.1) is 0 Å². The topological polar surface area (TPSA) is 56.0 Å². The number of amides is 1. The van der Waals surface area contributed by atoms with Crippen molar-refractivity contribution in [2.75, 3.05) is 0 Å². The van der Waals surface area contributed by atoms with E-state index < -0.39 is 0 Å². The number of hydrogen-bond acceptors (Lipinski definition) is 2. The lowest BCUT2D eigenvalue weighted by molar-refractivity contribution is -0.119. The molecule has 2 N–H and O–H groups in total. The van der Waals surface area contributed by atoms with Crippen LogP contribution in [0.4, 0.5) is 0 Å². The Kier molecular flexibility index (Phi) is 1.57. The van der Waals surface area contributed by atoms with E-state index >= 15 is 0 Å². The lowest BCUT2D eigenvalue weighted by Gasteiger charge is -2.04. The molecule has 12 heavy (non-hydrogen) atoms. The Hall–Kier alpha value is -1.38. The molecule has 1 aliphatic carbocycles. The Labute approximate surface area is 70.6 Å². The molecule has 0 aliphatic heterocycles. The summed E-state index contributed by atoms with van der Waals surface area (Å²) < 4.78 is 0. The van der Waals surface area contributed by atoms with Gasteiger partial charge < -0.3 is 5.73 Å². The van der Waals surface area contributed by atoms with Gasteiger partial charge in [0, 0.05) is 11.9 Å². The molecule has 0 radical (unpaired) electrons. The van der Waals surface area contributed by atoms with Gasteiger partial charge in [-0.1, -0.05) is 6.07 Å². The van der Waals surface area contributed by atoms with Crippen molar-refractivity contribution in [1.29, 1.82) is 0 Å². The van der Waals surface area contributed by atoms with Crippen LogP contribution in [0, 0.1) is 0 Å². The van der Waals surface area contributed by atoms with Crippen molar-refractivity contribution in [3.05, 3.63) is 29.6 Å². The predicted octanol–water partition coefficient (Wildman–Crippen LogP) is 0.597. The van der Waals surface area contributed by atoms with E-state index in [0.29, 0.717) is 0 Å². The molecule has 1 aromatic rings. The summed E-state index contributed by atoms with van der Waals surface area (Å²) in [6, 6.07) is 3.78. The van der Waals surface area contributed by atoms with Gasteiger partial charge >= 0.3 is 0 Å². The Morgan fingerprint density at radius 3 is 3.25 bits per heavy atom. The van der Waals surface area contributed by atoms with Crippen LogP contribution in [-0.2, 0) is 11.2 Å². The van der Waals surface area contributed by atoms with E-state index in [2.05, 4.69) is 4.98 Å². The lowest BCUT2D eigenvalue weighted by Crippen LogP contribution is -2.19. The van der Waals surface area contributed by atoms with Gasteiger partial charge in [0.2, 0.25) is 5.91 Å². The lowest BCUT2D eigenvalue weighted by atomic mass is 10.0. The first-order valence-electron chi connectivity index (χ1n) is 4.02. The molecule has 0 aromatic carbocycles. The van der Waals surface area contributed by atoms with Crippen LogP contribution in [0.15, 0.2) is 18.3 Å². The molecule has 0 fully saturated rings. The van der Waals surface area contributed by atoms with E-state index in [1.807, 2.05) is 12.1 Å². The Balaban J connectivity index is 2.42. The summed E-state index contributed by atoms with van der Waals surface area (Å²) in [5, 5.41) is 0. The third kappa shape index (κ3) is 0.978. The number of aromatic nitrogens is 1. The second-order valence-corrected chi connectivity index (χ2v) is 3.03. The number of carbonyl (C=O) groups excluding carboxylic acids is 1. The molecule has 1 unspecified atom stereocenters. The quantitative estimate of drug-likeness (QED) is 0.657. The van der Waals surface area contributed by atoms with Crippen molar-refractivity contribution in [3.63, 3.8) is 0 Å². The summed E-state index contributed by atoms with van der Waals surface area (Å²) in [4.78, 5) is 15.1. The number of nitrogens with two attached hydrogens (primary N) is 1. The summed E-state index contributed by atoms with van der Waals surface area (Å²) >= 11 is 0. The SMILES string of the molecule is NC(=O)C1CCc2ncccc21. The normalized spacial score (nSPS) is 20.5. The number of nitrogens with zero attached hydrogens (tertiary/aromatic N) is 1. The van der Waals surface area contributed by atoms with Crippen molar-refractivity contribution in [3.8, 4) is 0 Å². The molecule has 0 bridgehead atoms. The molecule has 3 nitrogen and oxygen atoms in total. The van der Waals surface area contributed by atoms with Gasteiger partial charge in [-0.3, -0.25) is 9.78 Å². The molecule has 1 amide bonds. The van der Waals surface area contributed by atoms with Crippen LogP contribution in [-0.4, -0.2) is 10.9 Å². The van der Waals surface area contributed by atoms with E-state index in [-0.39, 0.29) is 11.8 Å². The number of carbonyl (C=O) groups is 1. The molecular formula is C9H10N2O. The zero-order valence-electron chi connectivity index (χ0n) is 6.66. The summed E-state index contributed by atoms with van der Waals surface area (Å²) in [5.41, 5.74) is 7.29. The van der Waals surface area contributed by atoms with Crippen molar-refractivity contribution in [2.45, 2.75) is 18.8 Å². The van der Waals surface area contributed by atoms with Gasteiger partial charge in [0.1, 0.15) is 0 Å². The fourth-order valence-electron chi connectivity index (χ4n) is 1.71. The van der Waals surface area contributed by atoms with Gasteiger partial charge in [-0.05, 0) is 24.5 Å². The number of hydrogen-bond donors (Lipinski definition) is 1. The molecule has 0 saturated heterocycles. The number of rotatable bonds is 1. The van der Waals surface area contributed by atoms with E-state index in [9.17, 15) is 4.79 Å². The van der Waals surface area contributed by atoms with Crippen LogP contribution < -0.4 is 5.73 Å². The number of aryl methyl sites for hydroxylation is 1. The molecule has 2 rings (SSSR count). The summed E-state index contributed by atoms with van der Waals surface area (Å²) in [5.74, 6) is -0.338. The number of fused-ring (bicyclic) bond motifs is 1. The highest BCUT2D eigenvalue weighted by Crippen LogP contribution is 2.30. The van der Waals surface area contributed by atoms with Gasteiger partial charge in [0.05, 0.1) is 5.92 Å². The zero-order valence-corrected chi connectivity index (χ0v) is 6.66. The summed E-state index contributed by atoms with van der Waals surface area (Å²) in [7, 11) is 0. The third-order valence-electron chi connectivity index (χ3n) is 2.31. The van der Waals surface area contributed by atoms with Gasteiger partial charge in [0.25, 0.3) is 0 Å². The van der Waals surface area contributed by atoms with Crippen molar-refractivity contribution < 1.29 is 4.79 Å². The second kappa shape index (κ2) is 2.59. The van der Waals surface area contributed by atoms with E-state index in [1.165, 1.54) is 0 Å². The first-order valence-corrected chi connectivity index (χ1v) is 4.02. The summed E-state index contributed by atoms with van der Waals surface area (Å²) in [6.45, 7) is 0. The van der Waals surface area contributed by atoms with Crippen molar-refractivity contribution >= 4 is 5.91 Å². The monoisotopic (exact) mass is 162 g/mol. The van der Waals surface area contributed by atoms with Crippen LogP contribution in [0.25, 0.3) is 0 Å². The first kappa shape index (κ1) is 7.28. The maximum Gasteiger partial charge on any atom is 0.225 e. The highest BCUT2D eigenvalue weighted by Gasteiger charge is 2.26. The minimum absolute atomic E-state index is 0.103. The van der Waals surface area contributed by atoms with Crippen molar-refractivity contribution in [1.82, 2.24) is 4.98 Å². The van der Waals surface area contributed by atoms with Gasteiger partial charge in [-0.2, -0.15) is 0 Å². The Morgan fingerprint density at radius 1 is 1.67 bits per heavy atom. The molecule has 0 spiro atoms. The predicted molar refractivity (Wildman–Crippen MR) is 44.5 cm³/mol. The molecule has 1 atom stereocenters. The van der Waals surface area contributed by atoms with Crippen LogP contribution in [0.1, 0.15) is 23.6 Å². The van der Waals surface area contributed by atoms with Crippen LogP contribution in [0.3, 0.4) is 0 Å². The van der Waals surface area contributed by atoms with Gasteiger partial charge in [0.15, 0.2) is 0 Å².